The quantitative estimate of drug-likeness (QED) is 0.438. The summed E-state index contributed by atoms with van der Waals surface area (Å²) in [6.45, 7) is 1.45. The topological polar surface area (TPSA) is 84.0 Å². The van der Waals surface area contributed by atoms with Crippen molar-refractivity contribution < 1.29 is 9.72 Å². The molecule has 5 nitrogen and oxygen atoms in total. The third kappa shape index (κ3) is 1.95. The van der Waals surface area contributed by atoms with E-state index in [1.165, 1.54) is 13.0 Å². The van der Waals surface area contributed by atoms with Crippen molar-refractivity contribution in [2.45, 2.75) is 6.92 Å². The molecule has 0 bridgehead atoms. The van der Waals surface area contributed by atoms with Crippen LogP contribution in [0, 0.1) is 28.4 Å². The van der Waals surface area contributed by atoms with Gasteiger partial charge in [0.1, 0.15) is 11.6 Å². The number of nitrogens with zero attached hydrogens (tertiary/aromatic N) is 2. The Bertz CT molecular complexity index is 491. The fraction of sp³-hybridized carbons (Fsp3) is 0.111. The smallest absolute Gasteiger partial charge is 0.276 e. The van der Waals surface area contributed by atoms with E-state index in [4.69, 9.17) is 16.9 Å². The van der Waals surface area contributed by atoms with Crippen molar-refractivity contribution >= 4 is 22.5 Å². The van der Waals surface area contributed by atoms with Crippen LogP contribution in [0.1, 0.15) is 21.5 Å². The van der Waals surface area contributed by atoms with Gasteiger partial charge in [-0.1, -0.05) is 0 Å². The van der Waals surface area contributed by atoms with Gasteiger partial charge in [0.15, 0.2) is 0 Å². The summed E-state index contributed by atoms with van der Waals surface area (Å²) in [5, 5.41) is 18.6. The Hall–Kier alpha value is -1.93. The number of nitro groups is 1. The lowest BCUT2D eigenvalue weighted by atomic mass is 10.0. The molecule has 1 aromatic rings. The molecular weight excluding hydrogens is 220 g/mol. The molecule has 0 saturated heterocycles. The molecule has 76 valence electrons. The molecule has 0 aromatic heterocycles. The Labute approximate surface area is 90.0 Å². The van der Waals surface area contributed by atoms with E-state index in [2.05, 4.69) is 0 Å². The summed E-state index contributed by atoms with van der Waals surface area (Å²) in [5.41, 5.74) is -0.117. The normalized spacial score (nSPS) is 9.40. The number of hydrogen-bond donors (Lipinski definition) is 0. The maximum absolute atomic E-state index is 10.9. The van der Waals surface area contributed by atoms with E-state index >= 15 is 0 Å². The first-order valence-electron chi connectivity index (χ1n) is 3.87. The van der Waals surface area contributed by atoms with Gasteiger partial charge in [0.05, 0.1) is 4.92 Å². The van der Waals surface area contributed by atoms with Gasteiger partial charge in [-0.3, -0.25) is 14.9 Å². The zero-order valence-corrected chi connectivity index (χ0v) is 8.41. The molecule has 1 aromatic carbocycles. The number of carbonyl (C=O) groups is 1. The number of nitro benzene ring substituents is 1. The highest BCUT2D eigenvalue weighted by atomic mass is 35.5. The lowest BCUT2D eigenvalue weighted by Gasteiger charge is -2.02. The van der Waals surface area contributed by atoms with Crippen LogP contribution in [-0.4, -0.2) is 10.2 Å². The maximum atomic E-state index is 10.9. The predicted octanol–water partition coefficient (Wildman–Crippen LogP) is 2.15. The van der Waals surface area contributed by atoms with E-state index < -0.39 is 10.2 Å². The minimum Gasteiger partial charge on any atom is -0.276 e. The van der Waals surface area contributed by atoms with Crippen molar-refractivity contribution in [3.05, 3.63) is 38.9 Å². The maximum Gasteiger partial charge on any atom is 0.287 e. The lowest BCUT2D eigenvalue weighted by Crippen LogP contribution is -2.00. The molecule has 0 saturated carbocycles. The fourth-order valence-electron chi connectivity index (χ4n) is 1.20. The number of halogens is 1. The van der Waals surface area contributed by atoms with Gasteiger partial charge in [0, 0.05) is 11.6 Å². The monoisotopic (exact) mass is 224 g/mol. The van der Waals surface area contributed by atoms with Crippen molar-refractivity contribution in [3.63, 3.8) is 0 Å². The molecule has 6 heteroatoms. The summed E-state index contributed by atoms with van der Waals surface area (Å²) in [6, 6.07) is 4.03. The van der Waals surface area contributed by atoms with Gasteiger partial charge >= 0.3 is 0 Å². The summed E-state index contributed by atoms with van der Waals surface area (Å²) in [4.78, 5) is 20.8. The van der Waals surface area contributed by atoms with Crippen molar-refractivity contribution in [1.29, 1.82) is 5.26 Å². The third-order valence-electron chi connectivity index (χ3n) is 1.96. The van der Waals surface area contributed by atoms with Gasteiger partial charge in [-0.25, -0.2) is 0 Å². The molecule has 0 unspecified atom stereocenters. The predicted molar refractivity (Wildman–Crippen MR) is 52.7 cm³/mol. The Morgan fingerprint density at radius 1 is 1.60 bits per heavy atom. The van der Waals surface area contributed by atoms with Gasteiger partial charge < -0.3 is 0 Å². The molecule has 1 rings (SSSR count). The van der Waals surface area contributed by atoms with Gasteiger partial charge in [-0.15, -0.1) is 0 Å². The highest BCUT2D eigenvalue weighted by molar-refractivity contribution is 6.67. The zero-order chi connectivity index (χ0) is 11.6. The molecule has 0 N–H and O–H groups in total. The van der Waals surface area contributed by atoms with Gasteiger partial charge in [0.25, 0.3) is 10.9 Å². The fourth-order valence-corrected chi connectivity index (χ4v) is 1.41. The van der Waals surface area contributed by atoms with Crippen LogP contribution in [0.2, 0.25) is 0 Å². The van der Waals surface area contributed by atoms with E-state index in [-0.39, 0.29) is 22.4 Å². The molecule has 15 heavy (non-hydrogen) atoms. The van der Waals surface area contributed by atoms with Crippen LogP contribution in [0.3, 0.4) is 0 Å². The molecule has 0 radical (unpaired) electrons. The summed E-state index contributed by atoms with van der Waals surface area (Å²) in [7, 11) is 0. The minimum absolute atomic E-state index is 0.110. The van der Waals surface area contributed by atoms with Crippen LogP contribution < -0.4 is 0 Å². The minimum atomic E-state index is -0.737. The van der Waals surface area contributed by atoms with Crippen molar-refractivity contribution in [3.8, 4) is 6.07 Å². The van der Waals surface area contributed by atoms with Crippen LogP contribution in [-0.2, 0) is 0 Å². The van der Waals surface area contributed by atoms with Crippen molar-refractivity contribution in [2.75, 3.05) is 0 Å². The first-order valence-corrected chi connectivity index (χ1v) is 4.24. The number of hydrogen-bond acceptors (Lipinski definition) is 4. The average molecular weight is 225 g/mol. The second-order valence-corrected chi connectivity index (χ2v) is 3.12. The number of nitriles is 1. The number of benzene rings is 1. The van der Waals surface area contributed by atoms with Crippen LogP contribution in [0.15, 0.2) is 12.1 Å². The highest BCUT2D eigenvalue weighted by Gasteiger charge is 2.20. The van der Waals surface area contributed by atoms with E-state index in [1.807, 2.05) is 0 Å². The van der Waals surface area contributed by atoms with Crippen LogP contribution in [0.4, 0.5) is 5.69 Å². The highest BCUT2D eigenvalue weighted by Crippen LogP contribution is 2.24. The number of carbonyl (C=O) groups excluding carboxylic acids is 1. The molecular formula is C9H5ClN2O3. The molecule has 0 amide bonds. The summed E-state index contributed by atoms with van der Waals surface area (Å²) < 4.78 is 0. The molecule has 0 fully saturated rings. The number of rotatable bonds is 2. The van der Waals surface area contributed by atoms with Crippen LogP contribution in [0.5, 0.6) is 0 Å². The molecule has 0 aliphatic carbocycles. The standard InChI is InChI=1S/C9H5ClN2O3/c1-5-6(9(10)13)2-3-8(12(14)15)7(5)4-11/h2-3H,1H3. The third-order valence-corrected chi connectivity index (χ3v) is 2.17. The van der Waals surface area contributed by atoms with E-state index in [0.717, 1.165) is 6.07 Å². The lowest BCUT2D eigenvalue weighted by molar-refractivity contribution is -0.385. The van der Waals surface area contributed by atoms with Crippen molar-refractivity contribution in [1.82, 2.24) is 0 Å². The molecule has 0 atom stereocenters. The Morgan fingerprint density at radius 3 is 2.60 bits per heavy atom. The molecule has 0 heterocycles. The molecule has 0 aliphatic heterocycles. The average Bonchev–Trinajstić information content (AvgIpc) is 2.16. The largest absolute Gasteiger partial charge is 0.287 e. The van der Waals surface area contributed by atoms with E-state index in [0.29, 0.717) is 0 Å². The Balaban J connectivity index is 3.55. The first kappa shape index (κ1) is 11.1. The van der Waals surface area contributed by atoms with Gasteiger partial charge in [0.2, 0.25) is 0 Å². The SMILES string of the molecule is Cc1c(C(=O)Cl)ccc([N+](=O)[O-])c1C#N. The summed E-state index contributed by atoms with van der Waals surface area (Å²) in [6.07, 6.45) is 0. The second kappa shape index (κ2) is 4.07. The zero-order valence-electron chi connectivity index (χ0n) is 7.65. The molecule has 0 aliphatic rings. The Morgan fingerprint density at radius 2 is 2.20 bits per heavy atom. The van der Waals surface area contributed by atoms with Gasteiger partial charge in [-0.2, -0.15) is 5.26 Å². The van der Waals surface area contributed by atoms with Crippen LogP contribution in [0.25, 0.3) is 0 Å². The van der Waals surface area contributed by atoms with E-state index in [1.54, 1.807) is 6.07 Å². The van der Waals surface area contributed by atoms with E-state index in [9.17, 15) is 14.9 Å². The van der Waals surface area contributed by atoms with Crippen LogP contribution >= 0.6 is 11.6 Å². The summed E-state index contributed by atoms with van der Waals surface area (Å²) >= 11 is 5.25. The first-order chi connectivity index (χ1) is 6.99. The van der Waals surface area contributed by atoms with Gasteiger partial charge in [-0.05, 0) is 30.2 Å². The second-order valence-electron chi connectivity index (χ2n) is 2.77. The summed E-state index contributed by atoms with van der Waals surface area (Å²) in [5.74, 6) is 0. The van der Waals surface area contributed by atoms with Crippen molar-refractivity contribution in [2.24, 2.45) is 0 Å². The Kier molecular flexibility index (Phi) is 3.02. The molecule has 0 spiro atoms.